The number of nitrogens with zero attached hydrogens (tertiary/aromatic N) is 4. The fourth-order valence-corrected chi connectivity index (χ4v) is 5.48. The number of alkyl halides is 1. The van der Waals surface area contributed by atoms with Crippen molar-refractivity contribution in [3.63, 3.8) is 0 Å². The summed E-state index contributed by atoms with van der Waals surface area (Å²) in [5, 5.41) is 4.11. The second-order valence-corrected chi connectivity index (χ2v) is 10.8. The summed E-state index contributed by atoms with van der Waals surface area (Å²) in [5.74, 6) is -1.92. The molecule has 190 valence electrons. The topological polar surface area (TPSA) is 84.7 Å². The van der Waals surface area contributed by atoms with Crippen LogP contribution in [0, 0.1) is 11.6 Å². The molecule has 8 nitrogen and oxygen atoms in total. The smallest absolute Gasteiger partial charge is 0.316 e. The second kappa shape index (κ2) is 9.25. The molecule has 1 fully saturated rings. The van der Waals surface area contributed by atoms with Gasteiger partial charge in [0.1, 0.15) is 29.6 Å². The normalized spacial score (nSPS) is 20.4. The zero-order chi connectivity index (χ0) is 25.6. The van der Waals surface area contributed by atoms with Crippen molar-refractivity contribution in [2.24, 2.45) is 0 Å². The summed E-state index contributed by atoms with van der Waals surface area (Å²) >= 11 is 0. The van der Waals surface area contributed by atoms with Crippen molar-refractivity contribution in [1.82, 2.24) is 14.1 Å². The fraction of sp³-hybridized carbons (Fsp3) is 0.333. The number of fused-ring (bicyclic) bond motifs is 1. The summed E-state index contributed by atoms with van der Waals surface area (Å²) in [5.41, 5.74) is 0.472. The van der Waals surface area contributed by atoms with E-state index in [2.05, 4.69) is 5.10 Å². The summed E-state index contributed by atoms with van der Waals surface area (Å²) in [4.78, 5) is 15.3. The van der Waals surface area contributed by atoms with Crippen LogP contribution in [0.3, 0.4) is 0 Å². The lowest BCUT2D eigenvalue weighted by Crippen LogP contribution is -2.48. The van der Waals surface area contributed by atoms with Gasteiger partial charge in [0.25, 0.3) is 0 Å². The minimum atomic E-state index is -3.38. The first-order chi connectivity index (χ1) is 17.1. The van der Waals surface area contributed by atoms with Crippen molar-refractivity contribution >= 4 is 15.7 Å². The maximum absolute atomic E-state index is 14.7. The zero-order valence-corrected chi connectivity index (χ0v) is 20.1. The molecular weight excluding hydrogens is 497 g/mol. The number of benzene rings is 2. The van der Waals surface area contributed by atoms with Gasteiger partial charge in [0.05, 0.1) is 18.1 Å². The molecule has 0 radical (unpaired) electrons. The summed E-state index contributed by atoms with van der Waals surface area (Å²) in [7, 11) is -3.38. The van der Waals surface area contributed by atoms with Crippen molar-refractivity contribution in [2.45, 2.75) is 18.7 Å². The van der Waals surface area contributed by atoms with Crippen LogP contribution < -0.4 is 15.2 Å². The average Bonchev–Trinajstić information content (AvgIpc) is 3.14. The van der Waals surface area contributed by atoms with E-state index in [1.807, 2.05) is 0 Å². The van der Waals surface area contributed by atoms with Gasteiger partial charge in [-0.05, 0) is 23.3 Å². The van der Waals surface area contributed by atoms with Crippen molar-refractivity contribution in [3.8, 4) is 11.4 Å². The van der Waals surface area contributed by atoms with Gasteiger partial charge in [-0.15, -0.1) is 0 Å². The first-order valence-corrected chi connectivity index (χ1v) is 13.1. The maximum Gasteiger partial charge on any atom is 0.316 e. The molecule has 1 aromatic heterocycles. The number of hydrogen-bond acceptors (Lipinski definition) is 6. The highest BCUT2D eigenvalue weighted by molar-refractivity contribution is 7.88. The van der Waals surface area contributed by atoms with E-state index in [-0.39, 0.29) is 44.0 Å². The highest BCUT2D eigenvalue weighted by Gasteiger charge is 2.35. The summed E-state index contributed by atoms with van der Waals surface area (Å²) in [6.45, 7) is 0.900. The molecule has 0 saturated carbocycles. The Bertz CT molecular complexity index is 1450. The van der Waals surface area contributed by atoms with Gasteiger partial charge in [-0.25, -0.2) is 21.6 Å². The summed E-state index contributed by atoms with van der Waals surface area (Å²) < 4.78 is 74.5. The second-order valence-electron chi connectivity index (χ2n) is 8.79. The predicted octanol–water partition coefficient (Wildman–Crippen LogP) is 3.13. The standard InChI is InChI=1S/C24H23F3N4O4S/c1-36(33,34)30-8-6-29(7-9-30)21-14-28-31(17-11-15(25)10-16(26)12-17)24(32)23(21)35-22-13-20(27)18-4-2-3-5-19(18)22/h2-5,10-12,14,20,22H,6-9,13H2,1H3. The Balaban J connectivity index is 1.56. The number of halogens is 3. The Hall–Kier alpha value is -3.38. The van der Waals surface area contributed by atoms with Crippen LogP contribution in [0.15, 0.2) is 53.5 Å². The Morgan fingerprint density at radius 1 is 1.00 bits per heavy atom. The third-order valence-corrected chi connectivity index (χ3v) is 7.72. The van der Waals surface area contributed by atoms with Gasteiger partial charge in [-0.1, -0.05) is 24.3 Å². The predicted molar refractivity (Wildman–Crippen MR) is 127 cm³/mol. The van der Waals surface area contributed by atoms with Gasteiger partial charge >= 0.3 is 5.56 Å². The van der Waals surface area contributed by atoms with Crippen LogP contribution in [0.25, 0.3) is 5.69 Å². The molecule has 12 heteroatoms. The van der Waals surface area contributed by atoms with Gasteiger partial charge in [0.2, 0.25) is 15.8 Å². The van der Waals surface area contributed by atoms with Gasteiger partial charge in [-0.3, -0.25) is 4.79 Å². The van der Waals surface area contributed by atoms with Crippen LogP contribution >= 0.6 is 0 Å². The molecule has 1 aliphatic carbocycles. The molecule has 36 heavy (non-hydrogen) atoms. The molecule has 5 rings (SSSR count). The van der Waals surface area contributed by atoms with E-state index >= 15 is 0 Å². The van der Waals surface area contributed by atoms with E-state index in [9.17, 15) is 26.4 Å². The largest absolute Gasteiger partial charge is 0.478 e. The number of ether oxygens (including phenoxy) is 1. The lowest BCUT2D eigenvalue weighted by Gasteiger charge is -2.35. The lowest BCUT2D eigenvalue weighted by atomic mass is 10.1. The SMILES string of the molecule is CS(=O)(=O)N1CCN(c2cnn(-c3cc(F)cc(F)c3)c(=O)c2OC2CC(F)c3ccccc32)CC1. The Morgan fingerprint density at radius 3 is 2.28 bits per heavy atom. The van der Waals surface area contributed by atoms with Crippen LogP contribution in [-0.4, -0.2) is 54.9 Å². The van der Waals surface area contributed by atoms with Gasteiger partial charge in [0.15, 0.2) is 0 Å². The molecule has 2 unspecified atom stereocenters. The molecule has 1 aliphatic heterocycles. The maximum atomic E-state index is 14.7. The van der Waals surface area contributed by atoms with Crippen LogP contribution in [0.1, 0.15) is 29.8 Å². The van der Waals surface area contributed by atoms with E-state index in [0.29, 0.717) is 22.9 Å². The third-order valence-electron chi connectivity index (χ3n) is 6.42. The van der Waals surface area contributed by atoms with Gasteiger partial charge in [0, 0.05) is 38.7 Å². The van der Waals surface area contributed by atoms with Gasteiger partial charge in [-0.2, -0.15) is 14.1 Å². The third kappa shape index (κ3) is 4.58. The summed E-state index contributed by atoms with van der Waals surface area (Å²) in [6, 6.07) is 9.47. The minimum Gasteiger partial charge on any atom is -0.478 e. The van der Waals surface area contributed by atoms with Crippen molar-refractivity contribution in [3.05, 3.63) is 81.8 Å². The molecule has 1 saturated heterocycles. The monoisotopic (exact) mass is 520 g/mol. The average molecular weight is 521 g/mol. The van der Waals surface area contributed by atoms with Crippen molar-refractivity contribution in [2.75, 3.05) is 37.3 Å². The highest BCUT2D eigenvalue weighted by atomic mass is 32.2. The number of piperazine rings is 1. The van der Waals surface area contributed by atoms with Gasteiger partial charge < -0.3 is 9.64 Å². The molecule has 2 atom stereocenters. The van der Waals surface area contributed by atoms with E-state index in [0.717, 1.165) is 23.1 Å². The molecule has 0 N–H and O–H groups in total. The first kappa shape index (κ1) is 24.3. The lowest BCUT2D eigenvalue weighted by molar-refractivity contribution is 0.171. The molecule has 2 aliphatic rings. The number of sulfonamides is 1. The van der Waals surface area contributed by atoms with E-state index < -0.39 is 39.5 Å². The van der Waals surface area contributed by atoms with Crippen molar-refractivity contribution < 1.29 is 26.3 Å². The molecule has 2 aromatic carbocycles. The summed E-state index contributed by atoms with van der Waals surface area (Å²) in [6.07, 6.45) is 0.429. The number of anilines is 1. The highest BCUT2D eigenvalue weighted by Crippen LogP contribution is 2.44. The van der Waals surface area contributed by atoms with E-state index in [4.69, 9.17) is 4.74 Å². The molecule has 3 aromatic rings. The molecule has 0 bridgehead atoms. The van der Waals surface area contributed by atoms with E-state index in [1.54, 1.807) is 29.2 Å². The quantitative estimate of drug-likeness (QED) is 0.514. The number of aromatic nitrogens is 2. The fourth-order valence-electron chi connectivity index (χ4n) is 4.66. The Labute approximate surface area is 205 Å². The van der Waals surface area contributed by atoms with Crippen LogP contribution in [0.2, 0.25) is 0 Å². The van der Waals surface area contributed by atoms with Crippen molar-refractivity contribution in [1.29, 1.82) is 0 Å². The molecular formula is C24H23F3N4O4S. The van der Waals surface area contributed by atoms with Crippen LogP contribution in [0.4, 0.5) is 18.9 Å². The van der Waals surface area contributed by atoms with Crippen LogP contribution in [0.5, 0.6) is 5.75 Å². The minimum absolute atomic E-state index is 0.00298. The molecule has 0 spiro atoms. The Morgan fingerprint density at radius 2 is 1.64 bits per heavy atom. The first-order valence-electron chi connectivity index (χ1n) is 11.3. The number of hydrogen-bond donors (Lipinski definition) is 0. The molecule has 2 heterocycles. The molecule has 0 amide bonds. The zero-order valence-electron chi connectivity index (χ0n) is 19.3. The number of rotatable bonds is 5. The Kier molecular flexibility index (Phi) is 6.25. The van der Waals surface area contributed by atoms with E-state index in [1.165, 1.54) is 10.5 Å². The van der Waals surface area contributed by atoms with Crippen LogP contribution in [-0.2, 0) is 10.0 Å².